The Morgan fingerprint density at radius 3 is 2.31 bits per heavy atom. The summed E-state index contributed by atoms with van der Waals surface area (Å²) in [6.45, 7) is 4.29. The molecule has 26 heavy (non-hydrogen) atoms. The SMILES string of the molecule is Cc1ccc(NC(=O)C[NH+](C)CC(=O)N[C@@H](C)c2ccccc2Cl)cc1. The van der Waals surface area contributed by atoms with Crippen molar-refractivity contribution in [1.29, 1.82) is 0 Å². The molecule has 2 rings (SSSR count). The van der Waals surface area contributed by atoms with Gasteiger partial charge in [0.25, 0.3) is 11.8 Å². The van der Waals surface area contributed by atoms with E-state index in [1.165, 1.54) is 0 Å². The maximum atomic E-state index is 12.2. The van der Waals surface area contributed by atoms with Gasteiger partial charge in [0.15, 0.2) is 13.1 Å². The Kier molecular flexibility index (Phi) is 7.18. The molecular formula is C20H25ClN3O2+. The quantitative estimate of drug-likeness (QED) is 0.694. The molecule has 0 aliphatic carbocycles. The Bertz CT molecular complexity index is 762. The van der Waals surface area contributed by atoms with Crippen LogP contribution in [0, 0.1) is 6.92 Å². The minimum atomic E-state index is -0.189. The van der Waals surface area contributed by atoms with Crippen LogP contribution in [0.15, 0.2) is 48.5 Å². The average Bonchev–Trinajstić information content (AvgIpc) is 2.56. The molecule has 0 heterocycles. The number of rotatable bonds is 7. The number of halogens is 1. The van der Waals surface area contributed by atoms with Crippen molar-refractivity contribution in [3.63, 3.8) is 0 Å². The van der Waals surface area contributed by atoms with E-state index in [1.807, 2.05) is 63.4 Å². The molecule has 1 unspecified atom stereocenters. The third kappa shape index (κ3) is 6.17. The van der Waals surface area contributed by atoms with Crippen molar-refractivity contribution in [2.45, 2.75) is 19.9 Å². The Morgan fingerprint density at radius 2 is 1.65 bits per heavy atom. The zero-order valence-electron chi connectivity index (χ0n) is 15.3. The summed E-state index contributed by atoms with van der Waals surface area (Å²) in [5.41, 5.74) is 2.76. The van der Waals surface area contributed by atoms with Gasteiger partial charge in [-0.25, -0.2) is 0 Å². The molecule has 2 aromatic carbocycles. The number of quaternary nitrogens is 1. The molecule has 5 nitrogen and oxygen atoms in total. The van der Waals surface area contributed by atoms with Gasteiger partial charge in [0.2, 0.25) is 0 Å². The fourth-order valence-corrected chi connectivity index (χ4v) is 2.95. The Balaban J connectivity index is 1.80. The van der Waals surface area contributed by atoms with E-state index in [0.717, 1.165) is 21.7 Å². The molecule has 2 aromatic rings. The monoisotopic (exact) mass is 374 g/mol. The second-order valence-electron chi connectivity index (χ2n) is 6.54. The van der Waals surface area contributed by atoms with Crippen LogP contribution in [0.1, 0.15) is 24.1 Å². The lowest BCUT2D eigenvalue weighted by Gasteiger charge is -2.18. The third-order valence-electron chi connectivity index (χ3n) is 4.01. The first-order valence-corrected chi connectivity index (χ1v) is 8.94. The van der Waals surface area contributed by atoms with Crippen molar-refractivity contribution in [2.75, 3.05) is 25.5 Å². The first kappa shape index (κ1) is 19.9. The summed E-state index contributed by atoms with van der Waals surface area (Å²) in [5, 5.41) is 6.38. The number of carbonyl (C=O) groups excluding carboxylic acids is 2. The van der Waals surface area contributed by atoms with E-state index in [9.17, 15) is 9.59 Å². The van der Waals surface area contributed by atoms with Crippen LogP contribution < -0.4 is 15.5 Å². The summed E-state index contributed by atoms with van der Waals surface area (Å²) >= 11 is 6.15. The Labute approximate surface area is 159 Å². The molecule has 6 heteroatoms. The Hall–Kier alpha value is -2.37. The number of hydrogen-bond acceptors (Lipinski definition) is 2. The van der Waals surface area contributed by atoms with Crippen LogP contribution >= 0.6 is 11.6 Å². The first-order chi connectivity index (χ1) is 12.3. The minimum absolute atomic E-state index is 0.127. The van der Waals surface area contributed by atoms with E-state index in [4.69, 9.17) is 11.6 Å². The number of likely N-dealkylation sites (N-methyl/N-ethyl adjacent to an activating group) is 1. The lowest BCUT2D eigenvalue weighted by atomic mass is 10.1. The number of aryl methyl sites for hydroxylation is 1. The summed E-state index contributed by atoms with van der Waals surface area (Å²) in [5.74, 6) is -0.253. The maximum absolute atomic E-state index is 12.2. The highest BCUT2D eigenvalue weighted by Crippen LogP contribution is 2.21. The molecule has 0 fully saturated rings. The van der Waals surface area contributed by atoms with Gasteiger partial charge in [0.05, 0.1) is 13.1 Å². The van der Waals surface area contributed by atoms with Crippen molar-refractivity contribution >= 4 is 29.1 Å². The normalized spacial score (nSPS) is 12.9. The van der Waals surface area contributed by atoms with Crippen LogP contribution in [0.25, 0.3) is 0 Å². The smallest absolute Gasteiger partial charge is 0.279 e. The first-order valence-electron chi connectivity index (χ1n) is 8.56. The number of hydrogen-bond donors (Lipinski definition) is 3. The van der Waals surface area contributed by atoms with Crippen LogP contribution in [-0.2, 0) is 9.59 Å². The zero-order chi connectivity index (χ0) is 19.1. The topological polar surface area (TPSA) is 62.6 Å². The summed E-state index contributed by atoms with van der Waals surface area (Å²) in [7, 11) is 1.81. The largest absolute Gasteiger partial charge is 0.345 e. The number of carbonyl (C=O) groups is 2. The molecule has 3 N–H and O–H groups in total. The predicted octanol–water partition coefficient (Wildman–Crippen LogP) is 1.98. The van der Waals surface area contributed by atoms with Crippen molar-refractivity contribution in [2.24, 2.45) is 0 Å². The molecule has 0 aliphatic rings. The number of benzene rings is 2. The molecule has 138 valence electrons. The van der Waals surface area contributed by atoms with Crippen molar-refractivity contribution < 1.29 is 14.5 Å². The molecule has 0 aromatic heterocycles. The van der Waals surface area contributed by atoms with Crippen molar-refractivity contribution in [1.82, 2.24) is 5.32 Å². The predicted molar refractivity (Wildman–Crippen MR) is 104 cm³/mol. The molecular weight excluding hydrogens is 350 g/mol. The number of amides is 2. The van der Waals surface area contributed by atoms with Gasteiger partial charge in [-0.1, -0.05) is 47.5 Å². The van der Waals surface area contributed by atoms with Crippen LogP contribution in [0.2, 0.25) is 5.02 Å². The van der Waals surface area contributed by atoms with Gasteiger partial charge in [0, 0.05) is 10.7 Å². The molecule has 2 amide bonds. The highest BCUT2D eigenvalue weighted by molar-refractivity contribution is 6.31. The van der Waals surface area contributed by atoms with Crippen LogP contribution in [0.5, 0.6) is 0 Å². The van der Waals surface area contributed by atoms with E-state index in [2.05, 4.69) is 10.6 Å². The molecule has 0 saturated carbocycles. The van der Waals surface area contributed by atoms with Crippen LogP contribution in [-0.4, -0.2) is 32.0 Å². The van der Waals surface area contributed by atoms with E-state index < -0.39 is 0 Å². The summed E-state index contributed by atoms with van der Waals surface area (Å²) in [6, 6.07) is 14.8. The fourth-order valence-electron chi connectivity index (χ4n) is 2.65. The molecule has 0 radical (unpaired) electrons. The van der Waals surface area contributed by atoms with Crippen LogP contribution in [0.3, 0.4) is 0 Å². The molecule has 0 saturated heterocycles. The van der Waals surface area contributed by atoms with Gasteiger partial charge in [-0.15, -0.1) is 0 Å². The van der Waals surface area contributed by atoms with E-state index in [0.29, 0.717) is 5.02 Å². The van der Waals surface area contributed by atoms with E-state index in [1.54, 1.807) is 6.07 Å². The van der Waals surface area contributed by atoms with E-state index in [-0.39, 0.29) is 30.9 Å². The summed E-state index contributed by atoms with van der Waals surface area (Å²) in [6.07, 6.45) is 0. The highest BCUT2D eigenvalue weighted by atomic mass is 35.5. The maximum Gasteiger partial charge on any atom is 0.279 e. The lowest BCUT2D eigenvalue weighted by molar-refractivity contribution is -0.862. The molecule has 0 aliphatic heterocycles. The fraction of sp³-hybridized carbons (Fsp3) is 0.300. The van der Waals surface area contributed by atoms with Crippen molar-refractivity contribution in [3.05, 3.63) is 64.7 Å². The van der Waals surface area contributed by atoms with E-state index >= 15 is 0 Å². The number of anilines is 1. The van der Waals surface area contributed by atoms with Gasteiger partial charge in [-0.2, -0.15) is 0 Å². The standard InChI is InChI=1S/C20H24ClN3O2/c1-14-8-10-16(11-9-14)23-20(26)13-24(3)12-19(25)22-15(2)17-6-4-5-7-18(17)21/h4-11,15H,12-13H2,1-3H3,(H,22,25)(H,23,26)/p+1/t15-/m0/s1. The summed E-state index contributed by atoms with van der Waals surface area (Å²) < 4.78 is 0. The van der Waals surface area contributed by atoms with Crippen molar-refractivity contribution in [3.8, 4) is 0 Å². The average molecular weight is 375 g/mol. The molecule has 2 atom stereocenters. The van der Waals surface area contributed by atoms with Gasteiger partial charge in [0.1, 0.15) is 0 Å². The summed E-state index contributed by atoms with van der Waals surface area (Å²) in [4.78, 5) is 25.1. The third-order valence-corrected chi connectivity index (χ3v) is 4.35. The minimum Gasteiger partial charge on any atom is -0.345 e. The second kappa shape index (κ2) is 9.36. The van der Waals surface area contributed by atoms with Gasteiger partial charge >= 0.3 is 0 Å². The van der Waals surface area contributed by atoms with Gasteiger partial charge in [-0.3, -0.25) is 9.59 Å². The lowest BCUT2D eigenvalue weighted by Crippen LogP contribution is -3.11. The zero-order valence-corrected chi connectivity index (χ0v) is 16.1. The highest BCUT2D eigenvalue weighted by Gasteiger charge is 2.17. The number of nitrogens with one attached hydrogen (secondary N) is 3. The van der Waals surface area contributed by atoms with Gasteiger partial charge in [-0.05, 0) is 37.6 Å². The van der Waals surface area contributed by atoms with Crippen LogP contribution in [0.4, 0.5) is 5.69 Å². The molecule has 0 bridgehead atoms. The molecule has 0 spiro atoms. The second-order valence-corrected chi connectivity index (χ2v) is 6.94. The van der Waals surface area contributed by atoms with Gasteiger partial charge < -0.3 is 15.5 Å². The Morgan fingerprint density at radius 1 is 1.04 bits per heavy atom.